The molecule has 50 nitrogen and oxygen atoms in total. The van der Waals surface area contributed by atoms with Gasteiger partial charge in [0.1, 0.15) is 107 Å². The third-order valence-electron chi connectivity index (χ3n) is 17.7. The molecule has 0 bridgehead atoms. The van der Waals surface area contributed by atoms with Crippen LogP contribution in [0.15, 0.2) is 0 Å². The quantitative estimate of drug-likeness (QED) is 0.0481. The predicted octanol–water partition coefficient (Wildman–Crippen LogP) is -3.26. The van der Waals surface area contributed by atoms with Crippen molar-refractivity contribution >= 4 is 113 Å². The monoisotopic (exact) mass is 1790 g/mol. The molecule has 0 radical (unpaired) electrons. The van der Waals surface area contributed by atoms with E-state index in [0.29, 0.717) is 0 Å². The minimum absolute atomic E-state index is 0.804. The Morgan fingerprint density at radius 2 is 0.298 bits per heavy atom. The maximum absolute atomic E-state index is 13.8. The number of carbonyl (C=O) groups excluding carboxylic acids is 19. The van der Waals surface area contributed by atoms with E-state index < -0.39 is 337 Å². The average molecular weight is 1790 g/mol. The van der Waals surface area contributed by atoms with Gasteiger partial charge in [-0.2, -0.15) is 0 Å². The zero-order valence-electron chi connectivity index (χ0n) is 70.5. The lowest BCUT2D eigenvalue weighted by molar-refractivity contribution is -0.396. The van der Waals surface area contributed by atoms with Gasteiger partial charge in [-0.3, -0.25) is 91.1 Å². The molecule has 0 aromatic carbocycles. The van der Waals surface area contributed by atoms with Crippen molar-refractivity contribution in [1.29, 1.82) is 0 Å². The fourth-order valence-electron chi connectivity index (χ4n) is 13.6. The van der Waals surface area contributed by atoms with E-state index in [1.807, 2.05) is 0 Å². The molecule has 0 aromatic rings. The summed E-state index contributed by atoms with van der Waals surface area (Å²) in [5.74, 6) is -21.7. The third-order valence-corrected chi connectivity index (χ3v) is 17.7. The Kier molecular flexibility index (Phi) is 38.7. The summed E-state index contributed by atoms with van der Waals surface area (Å²) in [5.41, 5.74) is 0. The van der Waals surface area contributed by atoms with Crippen molar-refractivity contribution in [3.63, 3.8) is 0 Å². The molecule has 0 spiro atoms. The van der Waals surface area contributed by atoms with Crippen LogP contribution in [0.1, 0.15) is 132 Å². The first-order valence-corrected chi connectivity index (χ1v) is 37.9. The molecule has 12 unspecified atom stereocenters. The molecule has 1 N–H and O–H groups in total. The van der Waals surface area contributed by atoms with Crippen LogP contribution in [0.5, 0.6) is 0 Å². The molecule has 6 rings (SSSR count). The summed E-state index contributed by atoms with van der Waals surface area (Å²) in [6, 6.07) is 0. The number of carbonyl (C=O) groups is 19. The van der Waals surface area contributed by atoms with E-state index in [-0.39, 0.29) is 0 Å². The van der Waals surface area contributed by atoms with Gasteiger partial charge in [-0.05, 0) is 0 Å². The van der Waals surface area contributed by atoms with Crippen LogP contribution in [-0.2, 0) is 233 Å². The SMILES string of the molecule is CC(=O)OCC1O[C@H](O[C@@H]2C(COC(C)=O)O[C@H](O[C@@H]3C(COC(C)=O)O[C@H](O[C@@H]4C(COC(C)=O)O[C@H](O)C(OC(C)=O)[C@@H]4OC(C)=O)C(OC(C)=O)[C@@H]3OC(C)=O)C(OC(C)=O)[C@@H]2OC(C)=O)C(OC(C)=O)[C@@H](OC(C)=O)[C@@H]1O[C@H]1OC(COC(C)=O)[C@@H](O[C@H]2OC(COC(C)=O)[C@@H](OC(C)=O)[C@@H](OC(C)=O)C2OC(C)=O)[C@@H](OC(C)=O)C1OC(C)=O. The van der Waals surface area contributed by atoms with Crippen molar-refractivity contribution in [3.05, 3.63) is 0 Å². The van der Waals surface area contributed by atoms with Gasteiger partial charge < -0.3 is 147 Å². The molecule has 0 aromatic heterocycles. The molecule has 6 fully saturated rings. The second-order valence-corrected chi connectivity index (χ2v) is 28.1. The minimum Gasteiger partial charge on any atom is -0.463 e. The lowest BCUT2D eigenvalue weighted by atomic mass is 9.94. The van der Waals surface area contributed by atoms with E-state index in [1.54, 1.807) is 0 Å². The van der Waals surface area contributed by atoms with Crippen LogP contribution in [0.25, 0.3) is 0 Å². The van der Waals surface area contributed by atoms with Gasteiger partial charge in [-0.1, -0.05) is 0 Å². The maximum atomic E-state index is 13.8. The Labute approximate surface area is 705 Å². The highest BCUT2D eigenvalue weighted by Crippen LogP contribution is 2.43. The lowest BCUT2D eigenvalue weighted by Crippen LogP contribution is -2.70. The molecule has 0 amide bonds. The molecular formula is C74H100O50. The van der Waals surface area contributed by atoms with Gasteiger partial charge in [0.15, 0.2) is 117 Å². The summed E-state index contributed by atoms with van der Waals surface area (Å²) in [6.07, 6.45) is -64.0. The summed E-state index contributed by atoms with van der Waals surface area (Å²) in [6.45, 7) is 10.8. The summed E-state index contributed by atoms with van der Waals surface area (Å²) in [5, 5.41) is 11.2. The molecule has 6 aliphatic rings. The summed E-state index contributed by atoms with van der Waals surface area (Å²) < 4.78 is 177. The maximum Gasteiger partial charge on any atom is 0.303 e. The number of hydrogen-bond donors (Lipinski definition) is 1. The fraction of sp³-hybridized carbons (Fsp3) is 0.743. The van der Waals surface area contributed by atoms with E-state index in [0.717, 1.165) is 132 Å². The van der Waals surface area contributed by atoms with Gasteiger partial charge in [0.25, 0.3) is 0 Å². The number of hydrogen-bond acceptors (Lipinski definition) is 50. The van der Waals surface area contributed by atoms with Gasteiger partial charge in [-0.25, -0.2) is 0 Å². The highest BCUT2D eigenvalue weighted by Gasteiger charge is 2.64. The molecule has 124 heavy (non-hydrogen) atoms. The first-order chi connectivity index (χ1) is 58.0. The summed E-state index contributed by atoms with van der Waals surface area (Å²) in [4.78, 5) is 249. The molecule has 6 heterocycles. The molecule has 696 valence electrons. The Morgan fingerprint density at radius 1 is 0.169 bits per heavy atom. The van der Waals surface area contributed by atoms with Crippen LogP contribution >= 0.6 is 0 Å². The summed E-state index contributed by atoms with van der Waals surface area (Å²) >= 11 is 0. The fourth-order valence-corrected chi connectivity index (χ4v) is 13.6. The Bertz CT molecular complexity index is 3840. The predicted molar refractivity (Wildman–Crippen MR) is 381 cm³/mol. The Balaban J connectivity index is 1.54. The molecule has 6 saturated heterocycles. The van der Waals surface area contributed by atoms with E-state index >= 15 is 0 Å². The van der Waals surface area contributed by atoms with Crippen LogP contribution < -0.4 is 0 Å². The van der Waals surface area contributed by atoms with Crippen LogP contribution in [-0.4, -0.2) is 342 Å². The van der Waals surface area contributed by atoms with Crippen molar-refractivity contribution in [2.45, 2.75) is 316 Å². The van der Waals surface area contributed by atoms with Gasteiger partial charge in [0, 0.05) is 132 Å². The minimum atomic E-state index is -2.43. The molecule has 0 aliphatic carbocycles. The Hall–Kier alpha value is -10.6. The number of aliphatic hydroxyl groups excluding tert-OH is 1. The molecule has 6 aliphatic heterocycles. The number of rotatable bonds is 35. The van der Waals surface area contributed by atoms with Gasteiger partial charge >= 0.3 is 113 Å². The number of esters is 19. The van der Waals surface area contributed by atoms with Crippen molar-refractivity contribution in [1.82, 2.24) is 0 Å². The number of ether oxygens (including phenoxy) is 30. The smallest absolute Gasteiger partial charge is 0.303 e. The standard InChI is InChI=1S/C74H100O50/c1-26(75)95-20-45-52(57(102-33(8)82)63(69(94)114-45)108-39(14)88)120-71-65(110-41(16)90)59(104-35(10)84)54(47(116-71)22-97-28(3)77)122-73-67(112-43(18)92)61(106-37(12)86)56(49(118-73)24-99-30(5)79)124-74-68(113-44(19)93)62(107-38(13)87)55(50(119-74)25-100-31(6)80)123-72-66(111-42(17)91)60(105-36(11)85)53(48(117-72)23-98-29(4)78)121-70-64(109-40(15)89)58(103-34(9)83)51(101-32(7)81)46(115-70)21-96-27(2)76/h45-74,94H,20-25H2,1-19H3/t45?,46?,47?,48?,49?,50?,51-,52-,53-,54-,55-,56-,57-,58-,59-,60-,61-,62+,63?,64?,65?,66?,67?,68?,69+,70-,71-,72-,73-,74-/m1/s1. The normalized spacial score (nSPS) is 33.1. The van der Waals surface area contributed by atoms with E-state index in [4.69, 9.17) is 142 Å². The Morgan fingerprint density at radius 3 is 0.468 bits per heavy atom. The molecule has 50 heteroatoms. The highest BCUT2D eigenvalue weighted by atomic mass is 16.8. The zero-order chi connectivity index (χ0) is 92.7. The average Bonchev–Trinajstić information content (AvgIpc) is 0.761. The zero-order valence-corrected chi connectivity index (χ0v) is 70.5. The first kappa shape index (κ1) is 102. The molecular weight excluding hydrogens is 1690 g/mol. The highest BCUT2D eigenvalue weighted by molar-refractivity contribution is 5.73. The molecule has 30 atom stereocenters. The van der Waals surface area contributed by atoms with Crippen molar-refractivity contribution in [2.75, 3.05) is 39.6 Å². The van der Waals surface area contributed by atoms with Crippen LogP contribution in [0.2, 0.25) is 0 Å². The second kappa shape index (κ2) is 47.0. The van der Waals surface area contributed by atoms with Crippen LogP contribution in [0.3, 0.4) is 0 Å². The van der Waals surface area contributed by atoms with E-state index in [9.17, 15) is 96.2 Å². The van der Waals surface area contributed by atoms with Crippen molar-refractivity contribution in [2.24, 2.45) is 0 Å². The van der Waals surface area contributed by atoms with E-state index in [2.05, 4.69) is 0 Å². The second-order valence-electron chi connectivity index (χ2n) is 28.1. The third kappa shape index (κ3) is 30.4. The summed E-state index contributed by atoms with van der Waals surface area (Å²) in [7, 11) is 0. The van der Waals surface area contributed by atoms with Gasteiger partial charge in [-0.15, -0.1) is 0 Å². The van der Waals surface area contributed by atoms with Crippen molar-refractivity contribution in [3.8, 4) is 0 Å². The lowest BCUT2D eigenvalue weighted by Gasteiger charge is -2.51. The van der Waals surface area contributed by atoms with Crippen LogP contribution in [0.4, 0.5) is 0 Å². The first-order valence-electron chi connectivity index (χ1n) is 37.9. The van der Waals surface area contributed by atoms with Gasteiger partial charge in [0.05, 0.1) is 0 Å². The van der Waals surface area contributed by atoms with Gasteiger partial charge in [0.2, 0.25) is 0 Å². The van der Waals surface area contributed by atoms with Crippen LogP contribution in [0, 0.1) is 0 Å². The number of aliphatic hydroxyl groups is 1. The topological polar surface area (TPSA) is 621 Å². The van der Waals surface area contributed by atoms with Crippen molar-refractivity contribution < 1.29 is 238 Å². The van der Waals surface area contributed by atoms with E-state index in [1.165, 1.54) is 0 Å². The largest absolute Gasteiger partial charge is 0.463 e. The molecule has 0 saturated carbocycles.